The summed E-state index contributed by atoms with van der Waals surface area (Å²) < 4.78 is 16.2. The summed E-state index contributed by atoms with van der Waals surface area (Å²) in [5.41, 5.74) is 0.848. The van der Waals surface area contributed by atoms with Crippen LogP contribution in [0.1, 0.15) is 12.5 Å². The average molecular weight is 266 g/mol. The maximum Gasteiger partial charge on any atom is 0.306 e. The topological polar surface area (TPSA) is 65.0 Å². The van der Waals surface area contributed by atoms with Gasteiger partial charge < -0.3 is 19.3 Å². The summed E-state index contributed by atoms with van der Waals surface area (Å²) in [5.74, 6) is -0.0266. The molecule has 5 nitrogen and oxygen atoms in total. The zero-order valence-electron chi connectivity index (χ0n) is 11.1. The molecule has 0 radical (unpaired) electrons. The van der Waals surface area contributed by atoms with Gasteiger partial charge in [0.25, 0.3) is 0 Å². The lowest BCUT2D eigenvalue weighted by atomic mass is 10.00. The molecule has 2 rings (SSSR count). The molecule has 104 valence electrons. The van der Waals surface area contributed by atoms with Gasteiger partial charge in [-0.1, -0.05) is 19.1 Å². The van der Waals surface area contributed by atoms with Crippen molar-refractivity contribution >= 4 is 5.97 Å². The fourth-order valence-electron chi connectivity index (χ4n) is 1.88. The standard InChI is InChI=1S/C14H18O5/c1-9(14(15)16)6-10-4-3-5-12(17-2)13(10)19-11-7-18-8-11/h3-5,9,11H,6-8H2,1-2H3,(H,15,16). The lowest BCUT2D eigenvalue weighted by Crippen LogP contribution is -2.38. The monoisotopic (exact) mass is 266 g/mol. The fraction of sp³-hybridized carbons (Fsp3) is 0.500. The molecule has 1 fully saturated rings. The minimum atomic E-state index is -0.819. The largest absolute Gasteiger partial charge is 0.493 e. The van der Waals surface area contributed by atoms with Gasteiger partial charge in [-0.25, -0.2) is 0 Å². The maximum absolute atomic E-state index is 11.0. The minimum absolute atomic E-state index is 0.0233. The smallest absolute Gasteiger partial charge is 0.306 e. The first kappa shape index (κ1) is 13.7. The van der Waals surface area contributed by atoms with Crippen molar-refractivity contribution in [2.75, 3.05) is 20.3 Å². The van der Waals surface area contributed by atoms with E-state index in [1.165, 1.54) is 0 Å². The van der Waals surface area contributed by atoms with Crippen molar-refractivity contribution in [2.45, 2.75) is 19.4 Å². The predicted octanol–water partition coefficient (Wildman–Crippen LogP) is 1.74. The summed E-state index contributed by atoms with van der Waals surface area (Å²) in [4.78, 5) is 11.0. The van der Waals surface area contributed by atoms with Gasteiger partial charge in [-0.15, -0.1) is 0 Å². The van der Waals surface area contributed by atoms with E-state index in [0.717, 1.165) is 5.56 Å². The summed E-state index contributed by atoms with van der Waals surface area (Å²) in [6.07, 6.45) is 0.435. The Hall–Kier alpha value is -1.75. The van der Waals surface area contributed by atoms with Crippen molar-refractivity contribution in [1.29, 1.82) is 0 Å². The normalized spacial score (nSPS) is 16.5. The van der Waals surface area contributed by atoms with E-state index in [0.29, 0.717) is 31.1 Å². The van der Waals surface area contributed by atoms with Gasteiger partial charge in [-0.3, -0.25) is 4.79 Å². The summed E-state index contributed by atoms with van der Waals surface area (Å²) in [6.45, 7) is 2.80. The SMILES string of the molecule is COc1cccc(CC(C)C(=O)O)c1OC1COC1. The van der Waals surface area contributed by atoms with Gasteiger partial charge in [0.15, 0.2) is 11.5 Å². The van der Waals surface area contributed by atoms with Gasteiger partial charge in [0.05, 0.1) is 26.2 Å². The zero-order chi connectivity index (χ0) is 13.8. The van der Waals surface area contributed by atoms with Gasteiger partial charge in [-0.2, -0.15) is 0 Å². The highest BCUT2D eigenvalue weighted by Crippen LogP contribution is 2.34. The van der Waals surface area contributed by atoms with Crippen LogP contribution in [0.25, 0.3) is 0 Å². The molecule has 0 aromatic heterocycles. The Kier molecular flexibility index (Phi) is 4.27. The van der Waals surface area contributed by atoms with Crippen molar-refractivity contribution in [3.8, 4) is 11.5 Å². The van der Waals surface area contributed by atoms with Crippen LogP contribution in [0, 0.1) is 5.92 Å². The number of para-hydroxylation sites is 1. The molecule has 0 amide bonds. The predicted molar refractivity (Wildman–Crippen MR) is 68.7 cm³/mol. The van der Waals surface area contributed by atoms with Crippen LogP contribution in [0.15, 0.2) is 18.2 Å². The number of carboxylic acids is 1. The van der Waals surface area contributed by atoms with Crippen molar-refractivity contribution < 1.29 is 24.1 Å². The van der Waals surface area contributed by atoms with E-state index in [-0.39, 0.29) is 6.10 Å². The number of carboxylic acid groups (broad SMARTS) is 1. The van der Waals surface area contributed by atoms with Crippen LogP contribution in [0.3, 0.4) is 0 Å². The zero-order valence-corrected chi connectivity index (χ0v) is 11.1. The van der Waals surface area contributed by atoms with Crippen LogP contribution in [-0.4, -0.2) is 37.5 Å². The molecule has 0 spiro atoms. The molecule has 1 aromatic rings. The van der Waals surface area contributed by atoms with Gasteiger partial charge >= 0.3 is 5.97 Å². The van der Waals surface area contributed by atoms with E-state index in [1.807, 2.05) is 18.2 Å². The van der Waals surface area contributed by atoms with Crippen LogP contribution in [0.5, 0.6) is 11.5 Å². The van der Waals surface area contributed by atoms with Gasteiger partial charge in [-0.05, 0) is 18.1 Å². The quantitative estimate of drug-likeness (QED) is 0.849. The third-order valence-electron chi connectivity index (χ3n) is 3.12. The van der Waals surface area contributed by atoms with E-state index in [2.05, 4.69) is 0 Å². The second-order valence-electron chi connectivity index (χ2n) is 4.67. The molecule has 1 atom stereocenters. The van der Waals surface area contributed by atoms with Gasteiger partial charge in [0.1, 0.15) is 6.10 Å². The Morgan fingerprint density at radius 3 is 2.79 bits per heavy atom. The highest BCUT2D eigenvalue weighted by Gasteiger charge is 2.24. The van der Waals surface area contributed by atoms with Crippen LogP contribution in [0.4, 0.5) is 0 Å². The van der Waals surface area contributed by atoms with E-state index < -0.39 is 11.9 Å². The number of aliphatic carboxylic acids is 1. The van der Waals surface area contributed by atoms with Crippen molar-refractivity contribution in [3.63, 3.8) is 0 Å². The van der Waals surface area contributed by atoms with Crippen molar-refractivity contribution in [2.24, 2.45) is 5.92 Å². The van der Waals surface area contributed by atoms with Crippen molar-refractivity contribution in [3.05, 3.63) is 23.8 Å². The molecule has 1 heterocycles. The number of carbonyl (C=O) groups is 1. The second-order valence-corrected chi connectivity index (χ2v) is 4.67. The minimum Gasteiger partial charge on any atom is -0.493 e. The van der Waals surface area contributed by atoms with Crippen LogP contribution in [-0.2, 0) is 16.0 Å². The first-order valence-electron chi connectivity index (χ1n) is 6.25. The first-order valence-corrected chi connectivity index (χ1v) is 6.25. The molecule has 19 heavy (non-hydrogen) atoms. The third kappa shape index (κ3) is 3.17. The molecular formula is C14H18O5. The summed E-state index contributed by atoms with van der Waals surface area (Å²) in [7, 11) is 1.57. The Bertz CT molecular complexity index is 453. The van der Waals surface area contributed by atoms with Crippen LogP contribution >= 0.6 is 0 Å². The second kappa shape index (κ2) is 5.93. The number of hydrogen-bond donors (Lipinski definition) is 1. The van der Waals surface area contributed by atoms with Gasteiger partial charge in [0, 0.05) is 0 Å². The molecule has 1 saturated heterocycles. The molecule has 1 aliphatic rings. The number of methoxy groups -OCH3 is 1. The molecular weight excluding hydrogens is 248 g/mol. The lowest BCUT2D eigenvalue weighted by Gasteiger charge is -2.28. The highest BCUT2D eigenvalue weighted by atomic mass is 16.6. The highest BCUT2D eigenvalue weighted by molar-refractivity contribution is 5.70. The molecule has 1 N–H and O–H groups in total. The third-order valence-corrected chi connectivity index (χ3v) is 3.12. The Morgan fingerprint density at radius 2 is 2.26 bits per heavy atom. The number of ether oxygens (including phenoxy) is 3. The van der Waals surface area contributed by atoms with E-state index in [1.54, 1.807) is 14.0 Å². The summed E-state index contributed by atoms with van der Waals surface area (Å²) in [5, 5.41) is 9.01. The molecule has 1 aromatic carbocycles. The molecule has 0 saturated carbocycles. The Morgan fingerprint density at radius 1 is 1.53 bits per heavy atom. The van der Waals surface area contributed by atoms with E-state index in [9.17, 15) is 4.79 Å². The maximum atomic E-state index is 11.0. The average Bonchev–Trinajstić information content (AvgIpc) is 2.34. The molecule has 0 bridgehead atoms. The summed E-state index contributed by atoms with van der Waals surface area (Å²) >= 11 is 0. The Labute approximate surface area is 112 Å². The molecule has 1 unspecified atom stereocenters. The number of benzene rings is 1. The van der Waals surface area contributed by atoms with E-state index in [4.69, 9.17) is 19.3 Å². The van der Waals surface area contributed by atoms with Crippen LogP contribution in [0.2, 0.25) is 0 Å². The van der Waals surface area contributed by atoms with Gasteiger partial charge in [0.2, 0.25) is 0 Å². The first-order chi connectivity index (χ1) is 9.11. The van der Waals surface area contributed by atoms with E-state index >= 15 is 0 Å². The number of rotatable bonds is 6. The van der Waals surface area contributed by atoms with Crippen LogP contribution < -0.4 is 9.47 Å². The lowest BCUT2D eigenvalue weighted by molar-refractivity contribution is -0.141. The molecule has 1 aliphatic heterocycles. The molecule has 0 aliphatic carbocycles. The number of hydrogen-bond acceptors (Lipinski definition) is 4. The van der Waals surface area contributed by atoms with Crippen molar-refractivity contribution in [1.82, 2.24) is 0 Å². The Balaban J connectivity index is 2.22. The molecule has 5 heteroatoms. The fourth-order valence-corrected chi connectivity index (χ4v) is 1.88. The summed E-state index contributed by atoms with van der Waals surface area (Å²) in [6, 6.07) is 5.52.